The van der Waals surface area contributed by atoms with Crippen molar-refractivity contribution in [2.75, 3.05) is 26.2 Å². The molecule has 0 spiro atoms. The third-order valence-corrected chi connectivity index (χ3v) is 6.35. The van der Waals surface area contributed by atoms with Crippen LogP contribution in [0.3, 0.4) is 0 Å². The SMILES string of the molecule is O=C(c1cn(-c2ccccc2)nc1-c1ccccc1)N1CCN(C(=O)C2CCC2)CC1. The van der Waals surface area contributed by atoms with Gasteiger partial charge in [-0.25, -0.2) is 4.68 Å². The van der Waals surface area contributed by atoms with E-state index in [1.54, 1.807) is 4.68 Å². The highest BCUT2D eigenvalue weighted by molar-refractivity contribution is 6.00. The van der Waals surface area contributed by atoms with Crippen LogP contribution < -0.4 is 0 Å². The second kappa shape index (κ2) is 8.38. The Hall–Kier alpha value is -3.41. The molecule has 0 N–H and O–H groups in total. The summed E-state index contributed by atoms with van der Waals surface area (Å²) in [5.74, 6) is 0.438. The van der Waals surface area contributed by atoms with Gasteiger partial charge in [-0.2, -0.15) is 5.10 Å². The summed E-state index contributed by atoms with van der Waals surface area (Å²) >= 11 is 0. The van der Waals surface area contributed by atoms with E-state index < -0.39 is 0 Å². The van der Waals surface area contributed by atoms with Crippen molar-refractivity contribution in [3.05, 3.63) is 72.4 Å². The summed E-state index contributed by atoms with van der Waals surface area (Å²) in [6, 6.07) is 19.6. The maximum absolute atomic E-state index is 13.5. The monoisotopic (exact) mass is 414 g/mol. The first-order valence-corrected chi connectivity index (χ1v) is 11.0. The first-order valence-electron chi connectivity index (χ1n) is 11.0. The van der Waals surface area contributed by atoms with E-state index in [2.05, 4.69) is 0 Å². The minimum Gasteiger partial charge on any atom is -0.339 e. The van der Waals surface area contributed by atoms with Crippen LogP contribution in [0.15, 0.2) is 66.9 Å². The molecule has 158 valence electrons. The van der Waals surface area contributed by atoms with Crippen LogP contribution in [0.1, 0.15) is 29.6 Å². The van der Waals surface area contributed by atoms with Crippen molar-refractivity contribution < 1.29 is 9.59 Å². The number of benzene rings is 2. The largest absolute Gasteiger partial charge is 0.339 e. The summed E-state index contributed by atoms with van der Waals surface area (Å²) in [6.07, 6.45) is 5.00. The second-order valence-corrected chi connectivity index (χ2v) is 8.28. The molecule has 1 aromatic heterocycles. The number of carbonyl (C=O) groups is 2. The van der Waals surface area contributed by atoms with Gasteiger partial charge in [0, 0.05) is 43.9 Å². The minimum atomic E-state index is -0.0308. The molecule has 5 rings (SSSR count). The van der Waals surface area contributed by atoms with Gasteiger partial charge in [0.25, 0.3) is 5.91 Å². The summed E-state index contributed by atoms with van der Waals surface area (Å²) in [6.45, 7) is 2.33. The van der Waals surface area contributed by atoms with Crippen molar-refractivity contribution in [3.8, 4) is 16.9 Å². The van der Waals surface area contributed by atoms with Gasteiger partial charge in [0.05, 0.1) is 11.3 Å². The number of amides is 2. The first-order chi connectivity index (χ1) is 15.2. The molecule has 2 heterocycles. The Morgan fingerprint density at radius 2 is 1.42 bits per heavy atom. The van der Waals surface area contributed by atoms with Crippen LogP contribution in [-0.2, 0) is 4.79 Å². The summed E-state index contributed by atoms with van der Waals surface area (Å²) in [7, 11) is 0. The van der Waals surface area contributed by atoms with E-state index >= 15 is 0 Å². The van der Waals surface area contributed by atoms with Gasteiger partial charge in [-0.3, -0.25) is 9.59 Å². The van der Waals surface area contributed by atoms with E-state index in [0.29, 0.717) is 37.4 Å². The van der Waals surface area contributed by atoms with Crippen LogP contribution >= 0.6 is 0 Å². The van der Waals surface area contributed by atoms with Crippen LogP contribution in [0.5, 0.6) is 0 Å². The quantitative estimate of drug-likeness (QED) is 0.655. The Labute approximate surface area is 182 Å². The Balaban J connectivity index is 1.39. The van der Waals surface area contributed by atoms with Gasteiger partial charge < -0.3 is 9.80 Å². The van der Waals surface area contributed by atoms with Crippen LogP contribution in [-0.4, -0.2) is 57.6 Å². The number of hydrogen-bond donors (Lipinski definition) is 0. The molecule has 2 amide bonds. The predicted molar refractivity (Wildman–Crippen MR) is 119 cm³/mol. The average Bonchev–Trinajstić information content (AvgIpc) is 3.24. The standard InChI is InChI=1S/C25H26N4O2/c30-24(20-10-7-11-20)27-14-16-28(17-15-27)25(31)22-18-29(21-12-5-2-6-13-21)26-23(22)19-8-3-1-4-9-19/h1-6,8-9,12-13,18,20H,7,10-11,14-17H2. The Kier molecular flexibility index (Phi) is 5.28. The van der Waals surface area contributed by atoms with Gasteiger partial charge in [-0.05, 0) is 25.0 Å². The van der Waals surface area contributed by atoms with Crippen molar-refractivity contribution in [1.29, 1.82) is 0 Å². The normalized spacial score (nSPS) is 16.8. The Morgan fingerprint density at radius 1 is 0.806 bits per heavy atom. The minimum absolute atomic E-state index is 0.0308. The van der Waals surface area contributed by atoms with E-state index in [4.69, 9.17) is 5.10 Å². The third-order valence-electron chi connectivity index (χ3n) is 6.35. The van der Waals surface area contributed by atoms with E-state index in [1.165, 1.54) is 0 Å². The second-order valence-electron chi connectivity index (χ2n) is 8.28. The zero-order chi connectivity index (χ0) is 21.2. The van der Waals surface area contributed by atoms with Gasteiger partial charge in [-0.1, -0.05) is 55.0 Å². The number of nitrogens with zero attached hydrogens (tertiary/aromatic N) is 4. The summed E-state index contributed by atoms with van der Waals surface area (Å²) in [4.78, 5) is 29.8. The maximum atomic E-state index is 13.5. The molecule has 3 aromatic rings. The molecule has 2 aromatic carbocycles. The van der Waals surface area contributed by atoms with Crippen molar-refractivity contribution in [1.82, 2.24) is 19.6 Å². The molecule has 0 atom stereocenters. The zero-order valence-electron chi connectivity index (χ0n) is 17.5. The van der Waals surface area contributed by atoms with E-state index in [9.17, 15) is 9.59 Å². The number of hydrogen-bond acceptors (Lipinski definition) is 3. The fourth-order valence-electron chi connectivity index (χ4n) is 4.27. The molecule has 31 heavy (non-hydrogen) atoms. The van der Waals surface area contributed by atoms with Crippen LogP contribution in [0, 0.1) is 5.92 Å². The van der Waals surface area contributed by atoms with E-state index in [0.717, 1.165) is 30.5 Å². The van der Waals surface area contributed by atoms with Gasteiger partial charge in [-0.15, -0.1) is 0 Å². The van der Waals surface area contributed by atoms with Gasteiger partial charge >= 0.3 is 0 Å². The number of piperazine rings is 1. The van der Waals surface area contributed by atoms with Crippen molar-refractivity contribution >= 4 is 11.8 Å². The van der Waals surface area contributed by atoms with Crippen LogP contribution in [0.2, 0.25) is 0 Å². The molecule has 6 nitrogen and oxygen atoms in total. The molecular formula is C25H26N4O2. The molecule has 1 aliphatic heterocycles. The lowest BCUT2D eigenvalue weighted by Gasteiger charge is -2.38. The number of para-hydroxylation sites is 1. The molecule has 2 fully saturated rings. The van der Waals surface area contributed by atoms with Gasteiger partial charge in [0.1, 0.15) is 5.69 Å². The van der Waals surface area contributed by atoms with Gasteiger partial charge in [0.2, 0.25) is 5.91 Å². The van der Waals surface area contributed by atoms with Crippen molar-refractivity contribution in [2.45, 2.75) is 19.3 Å². The van der Waals surface area contributed by atoms with E-state index in [-0.39, 0.29) is 17.7 Å². The molecule has 6 heteroatoms. The molecule has 1 saturated carbocycles. The Bertz CT molecular complexity index is 1070. The number of rotatable bonds is 4. The molecular weight excluding hydrogens is 388 g/mol. The van der Waals surface area contributed by atoms with Crippen molar-refractivity contribution in [2.24, 2.45) is 5.92 Å². The number of carbonyl (C=O) groups excluding carboxylic acids is 2. The Morgan fingerprint density at radius 3 is 2.03 bits per heavy atom. The molecule has 0 unspecified atom stereocenters. The highest BCUT2D eigenvalue weighted by Crippen LogP contribution is 2.29. The molecule has 2 aliphatic rings. The fraction of sp³-hybridized carbons (Fsp3) is 0.320. The smallest absolute Gasteiger partial charge is 0.257 e. The summed E-state index contributed by atoms with van der Waals surface area (Å²) < 4.78 is 1.77. The van der Waals surface area contributed by atoms with E-state index in [1.807, 2.05) is 76.7 Å². The lowest BCUT2D eigenvalue weighted by atomic mass is 9.84. The highest BCUT2D eigenvalue weighted by atomic mass is 16.2. The topological polar surface area (TPSA) is 58.4 Å². The van der Waals surface area contributed by atoms with Crippen molar-refractivity contribution in [3.63, 3.8) is 0 Å². The van der Waals surface area contributed by atoms with Crippen LogP contribution in [0.4, 0.5) is 0 Å². The lowest BCUT2D eigenvalue weighted by molar-refractivity contribution is -0.139. The fourth-order valence-corrected chi connectivity index (χ4v) is 4.27. The zero-order valence-corrected chi connectivity index (χ0v) is 17.5. The lowest BCUT2D eigenvalue weighted by Crippen LogP contribution is -2.52. The average molecular weight is 415 g/mol. The highest BCUT2D eigenvalue weighted by Gasteiger charge is 2.33. The van der Waals surface area contributed by atoms with Crippen LogP contribution in [0.25, 0.3) is 16.9 Å². The molecule has 0 bridgehead atoms. The first kappa shape index (κ1) is 19.5. The predicted octanol–water partition coefficient (Wildman–Crippen LogP) is 3.62. The molecule has 1 aliphatic carbocycles. The number of aromatic nitrogens is 2. The maximum Gasteiger partial charge on any atom is 0.257 e. The molecule has 0 radical (unpaired) electrons. The third kappa shape index (κ3) is 3.85. The summed E-state index contributed by atoms with van der Waals surface area (Å²) in [5, 5.41) is 4.76. The molecule has 1 saturated heterocycles. The van der Waals surface area contributed by atoms with Gasteiger partial charge in [0.15, 0.2) is 0 Å². The summed E-state index contributed by atoms with van der Waals surface area (Å²) in [5.41, 5.74) is 3.10.